The van der Waals surface area contributed by atoms with E-state index in [-0.39, 0.29) is 17.4 Å². The van der Waals surface area contributed by atoms with Gasteiger partial charge in [0.05, 0.1) is 17.8 Å². The van der Waals surface area contributed by atoms with Crippen LogP contribution in [0.3, 0.4) is 0 Å². The topological polar surface area (TPSA) is 49.2 Å². The normalized spacial score (nSPS) is 12.9. The van der Waals surface area contributed by atoms with Crippen molar-refractivity contribution in [2.45, 2.75) is 19.5 Å². The zero-order valence-electron chi connectivity index (χ0n) is 12.5. The molecule has 1 N–H and O–H groups in total. The van der Waals surface area contributed by atoms with Crippen LogP contribution in [0.4, 0.5) is 4.39 Å². The quantitative estimate of drug-likeness (QED) is 0.803. The van der Waals surface area contributed by atoms with Crippen LogP contribution >= 0.6 is 0 Å². The molecule has 2 aromatic heterocycles. The second-order valence-electron chi connectivity index (χ2n) is 5.46. The van der Waals surface area contributed by atoms with Crippen LogP contribution in [0.25, 0.3) is 10.9 Å². The number of aromatic amines is 1. The molecule has 0 spiro atoms. The molecule has 0 saturated carbocycles. The van der Waals surface area contributed by atoms with Gasteiger partial charge in [0.2, 0.25) is 0 Å². The maximum absolute atomic E-state index is 13.2. The van der Waals surface area contributed by atoms with Crippen LogP contribution in [0.1, 0.15) is 24.3 Å². The Kier molecular flexibility index (Phi) is 3.81. The number of nitrogens with one attached hydrogen (secondary N) is 1. The molecule has 3 aromatic rings. The number of aromatic nitrogens is 1. The molecule has 1 atom stereocenters. The Morgan fingerprint density at radius 2 is 2.14 bits per heavy atom. The van der Waals surface area contributed by atoms with E-state index in [0.717, 1.165) is 11.1 Å². The Bertz CT molecular complexity index is 839. The third kappa shape index (κ3) is 2.80. The maximum atomic E-state index is 13.2. The van der Waals surface area contributed by atoms with Crippen molar-refractivity contribution < 1.29 is 8.81 Å². The average molecular weight is 300 g/mol. The van der Waals surface area contributed by atoms with Gasteiger partial charge in [-0.05, 0) is 55.8 Å². The van der Waals surface area contributed by atoms with Gasteiger partial charge in [-0.15, -0.1) is 0 Å². The largest absolute Gasteiger partial charge is 0.468 e. The lowest BCUT2D eigenvalue weighted by atomic mass is 10.1. The van der Waals surface area contributed by atoms with E-state index in [1.54, 1.807) is 18.4 Å². The predicted octanol–water partition coefficient (Wildman–Crippen LogP) is 3.45. The van der Waals surface area contributed by atoms with Gasteiger partial charge in [-0.1, -0.05) is 0 Å². The van der Waals surface area contributed by atoms with Crippen LogP contribution in [0.15, 0.2) is 51.9 Å². The molecule has 1 aromatic carbocycles. The highest BCUT2D eigenvalue weighted by atomic mass is 19.1. The molecule has 0 aliphatic heterocycles. The highest BCUT2D eigenvalue weighted by molar-refractivity contribution is 5.78. The number of nitrogens with zero attached hydrogens (tertiary/aromatic N) is 1. The molecular formula is C17H17FN2O2. The van der Waals surface area contributed by atoms with Crippen molar-refractivity contribution in [1.29, 1.82) is 0 Å². The van der Waals surface area contributed by atoms with E-state index in [2.05, 4.69) is 4.98 Å². The van der Waals surface area contributed by atoms with Gasteiger partial charge < -0.3 is 9.40 Å². The highest BCUT2D eigenvalue weighted by Gasteiger charge is 2.16. The van der Waals surface area contributed by atoms with Crippen molar-refractivity contribution in [2.24, 2.45) is 0 Å². The Morgan fingerprint density at radius 3 is 2.86 bits per heavy atom. The predicted molar refractivity (Wildman–Crippen MR) is 83.1 cm³/mol. The number of benzene rings is 1. The minimum atomic E-state index is -0.362. The van der Waals surface area contributed by atoms with Crippen molar-refractivity contribution >= 4 is 10.9 Å². The molecule has 22 heavy (non-hydrogen) atoms. The van der Waals surface area contributed by atoms with Crippen molar-refractivity contribution in [2.75, 3.05) is 7.05 Å². The summed E-state index contributed by atoms with van der Waals surface area (Å²) in [4.78, 5) is 16.9. The molecule has 0 aliphatic rings. The summed E-state index contributed by atoms with van der Waals surface area (Å²) >= 11 is 0. The van der Waals surface area contributed by atoms with Gasteiger partial charge >= 0.3 is 0 Å². The summed E-state index contributed by atoms with van der Waals surface area (Å²) in [5, 5.41) is 0.815. The minimum Gasteiger partial charge on any atom is -0.468 e. The fourth-order valence-electron chi connectivity index (χ4n) is 2.49. The summed E-state index contributed by atoms with van der Waals surface area (Å²) in [5.74, 6) is 0.487. The van der Waals surface area contributed by atoms with E-state index in [4.69, 9.17) is 4.42 Å². The first-order chi connectivity index (χ1) is 10.5. The van der Waals surface area contributed by atoms with Gasteiger partial charge in [0.25, 0.3) is 5.56 Å². The fraction of sp³-hybridized carbons (Fsp3) is 0.235. The Labute approximate surface area is 127 Å². The van der Waals surface area contributed by atoms with Crippen molar-refractivity contribution in [3.05, 3.63) is 70.2 Å². The lowest BCUT2D eigenvalue weighted by Crippen LogP contribution is -2.25. The average Bonchev–Trinajstić information content (AvgIpc) is 3.01. The van der Waals surface area contributed by atoms with Crippen molar-refractivity contribution in [1.82, 2.24) is 9.88 Å². The number of H-pyrrole nitrogens is 1. The van der Waals surface area contributed by atoms with Crippen molar-refractivity contribution in [3.8, 4) is 0 Å². The standard InChI is InChI=1S/C17H17FN2O2/c1-11(16-4-3-7-22-16)20(2)10-13-8-12-5-6-14(18)9-15(12)19-17(13)21/h3-9,11H,10H2,1-2H3,(H,19,21)/t11-/m1/s1. The number of halogens is 1. The van der Waals surface area contributed by atoms with Crippen LogP contribution < -0.4 is 5.56 Å². The molecule has 2 heterocycles. The second-order valence-corrected chi connectivity index (χ2v) is 5.46. The van der Waals surface area contributed by atoms with Gasteiger partial charge in [-0.2, -0.15) is 0 Å². The van der Waals surface area contributed by atoms with Crippen LogP contribution in [0.2, 0.25) is 0 Å². The number of pyridine rings is 1. The Hall–Kier alpha value is -2.40. The number of rotatable bonds is 4. The molecule has 4 nitrogen and oxygen atoms in total. The maximum Gasteiger partial charge on any atom is 0.252 e. The van der Waals surface area contributed by atoms with E-state index in [1.807, 2.05) is 31.0 Å². The summed E-state index contributed by atoms with van der Waals surface area (Å²) in [6.07, 6.45) is 1.64. The molecule has 0 unspecified atom stereocenters. The number of hydrogen-bond donors (Lipinski definition) is 1. The van der Waals surface area contributed by atoms with Crippen LogP contribution in [-0.4, -0.2) is 16.9 Å². The highest BCUT2D eigenvalue weighted by Crippen LogP contribution is 2.21. The monoisotopic (exact) mass is 300 g/mol. The summed E-state index contributed by atoms with van der Waals surface area (Å²) in [6, 6.07) is 10.00. The number of furan rings is 1. The Balaban J connectivity index is 1.88. The molecule has 0 radical (unpaired) electrons. The van der Waals surface area contributed by atoms with E-state index < -0.39 is 0 Å². The molecule has 0 saturated heterocycles. The molecule has 0 amide bonds. The van der Waals surface area contributed by atoms with E-state index in [9.17, 15) is 9.18 Å². The van der Waals surface area contributed by atoms with Crippen molar-refractivity contribution in [3.63, 3.8) is 0 Å². The van der Waals surface area contributed by atoms with E-state index in [0.29, 0.717) is 17.6 Å². The second kappa shape index (κ2) is 5.77. The number of fused-ring (bicyclic) bond motifs is 1. The van der Waals surface area contributed by atoms with Gasteiger partial charge in [0.15, 0.2) is 0 Å². The molecule has 5 heteroatoms. The fourth-order valence-corrected chi connectivity index (χ4v) is 2.49. The first-order valence-corrected chi connectivity index (χ1v) is 7.09. The van der Waals surface area contributed by atoms with Crippen LogP contribution in [0.5, 0.6) is 0 Å². The zero-order valence-corrected chi connectivity index (χ0v) is 12.5. The minimum absolute atomic E-state index is 0.0540. The molecule has 0 fully saturated rings. The van der Waals surface area contributed by atoms with Gasteiger partial charge in [-0.3, -0.25) is 9.69 Å². The third-order valence-electron chi connectivity index (χ3n) is 3.92. The van der Waals surface area contributed by atoms with E-state index >= 15 is 0 Å². The van der Waals surface area contributed by atoms with Gasteiger partial charge in [0, 0.05) is 12.1 Å². The molecule has 0 bridgehead atoms. The van der Waals surface area contributed by atoms with Crippen LogP contribution in [-0.2, 0) is 6.54 Å². The summed E-state index contributed by atoms with van der Waals surface area (Å²) in [6.45, 7) is 2.49. The lowest BCUT2D eigenvalue weighted by molar-refractivity contribution is 0.222. The van der Waals surface area contributed by atoms with Crippen LogP contribution in [0, 0.1) is 5.82 Å². The lowest BCUT2D eigenvalue weighted by Gasteiger charge is -2.22. The van der Waals surface area contributed by atoms with E-state index in [1.165, 1.54) is 12.1 Å². The van der Waals surface area contributed by atoms with Gasteiger partial charge in [0.1, 0.15) is 11.6 Å². The zero-order chi connectivity index (χ0) is 15.7. The number of hydrogen-bond acceptors (Lipinski definition) is 3. The first kappa shape index (κ1) is 14.5. The molecule has 0 aliphatic carbocycles. The summed E-state index contributed by atoms with van der Waals surface area (Å²) < 4.78 is 18.6. The SMILES string of the molecule is C[C@H](c1ccco1)N(C)Cc1cc2ccc(F)cc2[nH]c1=O. The molecule has 114 valence electrons. The molecule has 3 rings (SSSR count). The molecular weight excluding hydrogens is 283 g/mol. The first-order valence-electron chi connectivity index (χ1n) is 7.09. The Morgan fingerprint density at radius 1 is 1.32 bits per heavy atom. The smallest absolute Gasteiger partial charge is 0.252 e. The van der Waals surface area contributed by atoms with Gasteiger partial charge in [-0.25, -0.2) is 4.39 Å². The summed E-state index contributed by atoms with van der Waals surface area (Å²) in [5.41, 5.74) is 0.951. The third-order valence-corrected chi connectivity index (χ3v) is 3.92. The summed E-state index contributed by atoms with van der Waals surface area (Å²) in [7, 11) is 1.93.